The SMILES string of the molecule is C=C1[C@H](C)C[C@H](C(=O)N[C@@H](c2ccc(C(F)(F)F)cc2F)C2COC2)N1C(=O)c1cc(C(F)(F)F)ccn1. The lowest BCUT2D eigenvalue weighted by Crippen LogP contribution is -2.50. The molecule has 1 N–H and O–H groups in total. The highest BCUT2D eigenvalue weighted by Crippen LogP contribution is 2.37. The minimum atomic E-state index is -4.77. The van der Waals surface area contributed by atoms with Gasteiger partial charge in [0.1, 0.15) is 17.6 Å². The Morgan fingerprint density at radius 2 is 1.71 bits per heavy atom. The molecule has 1 aromatic carbocycles. The van der Waals surface area contributed by atoms with Crippen LogP contribution < -0.4 is 5.32 Å². The Morgan fingerprint density at radius 1 is 1.08 bits per heavy atom. The van der Waals surface area contributed by atoms with E-state index in [2.05, 4.69) is 16.9 Å². The molecule has 0 saturated carbocycles. The highest BCUT2D eigenvalue weighted by molar-refractivity contribution is 5.98. The van der Waals surface area contributed by atoms with E-state index >= 15 is 0 Å². The molecular weight excluding hydrogens is 523 g/mol. The van der Waals surface area contributed by atoms with Gasteiger partial charge in [-0.3, -0.25) is 19.5 Å². The van der Waals surface area contributed by atoms with E-state index in [0.29, 0.717) is 24.3 Å². The molecule has 3 heterocycles. The maximum atomic E-state index is 14.8. The molecule has 0 bridgehead atoms. The topological polar surface area (TPSA) is 71.5 Å². The van der Waals surface area contributed by atoms with Crippen molar-refractivity contribution in [3.63, 3.8) is 0 Å². The molecule has 204 valence electrons. The largest absolute Gasteiger partial charge is 0.416 e. The molecule has 2 amide bonds. The maximum Gasteiger partial charge on any atom is 0.416 e. The van der Waals surface area contributed by atoms with Crippen molar-refractivity contribution >= 4 is 11.8 Å². The van der Waals surface area contributed by atoms with Gasteiger partial charge in [-0.1, -0.05) is 19.6 Å². The summed E-state index contributed by atoms with van der Waals surface area (Å²) in [6, 6.07) is 0.946. The van der Waals surface area contributed by atoms with Crippen molar-refractivity contribution in [3.8, 4) is 0 Å². The highest BCUT2D eigenvalue weighted by atomic mass is 19.4. The van der Waals surface area contributed by atoms with Crippen LogP contribution in [0.15, 0.2) is 48.8 Å². The first-order chi connectivity index (χ1) is 17.7. The smallest absolute Gasteiger partial charge is 0.381 e. The number of alkyl halides is 6. The quantitative estimate of drug-likeness (QED) is 0.530. The van der Waals surface area contributed by atoms with E-state index < -0.39 is 70.7 Å². The third-order valence-corrected chi connectivity index (χ3v) is 6.69. The van der Waals surface area contributed by atoms with Crippen molar-refractivity contribution in [1.82, 2.24) is 15.2 Å². The van der Waals surface area contributed by atoms with Gasteiger partial charge in [-0.2, -0.15) is 26.3 Å². The van der Waals surface area contributed by atoms with Crippen LogP contribution in [-0.2, 0) is 21.9 Å². The number of pyridine rings is 1. The molecule has 1 aromatic heterocycles. The fourth-order valence-electron chi connectivity index (χ4n) is 4.46. The van der Waals surface area contributed by atoms with Crippen molar-refractivity contribution in [2.24, 2.45) is 11.8 Å². The Bertz CT molecular complexity index is 1260. The van der Waals surface area contributed by atoms with Crippen LogP contribution in [0.3, 0.4) is 0 Å². The van der Waals surface area contributed by atoms with E-state index in [-0.39, 0.29) is 30.9 Å². The molecule has 0 unspecified atom stereocenters. The zero-order valence-electron chi connectivity index (χ0n) is 19.9. The van der Waals surface area contributed by atoms with Gasteiger partial charge in [0, 0.05) is 23.4 Å². The standard InChI is InChI=1S/C25H22F7N3O3/c1-12-7-20(35(13(12)2)23(37)19-9-16(5-6-33-19)25(30,31)32)22(36)34-21(14-10-38-11-14)17-4-3-15(8-18(17)26)24(27,28)29/h3-6,8-9,12,14,20-21H,2,7,10-11H2,1H3,(H,34,36)/t12-,20-,21-/m1/s1. The number of rotatable bonds is 5. The number of amides is 2. The summed E-state index contributed by atoms with van der Waals surface area (Å²) in [5, 5.41) is 2.61. The lowest BCUT2D eigenvalue weighted by atomic mass is 9.90. The van der Waals surface area contributed by atoms with Crippen LogP contribution in [0.25, 0.3) is 0 Å². The minimum Gasteiger partial charge on any atom is -0.381 e. The number of aromatic nitrogens is 1. The summed E-state index contributed by atoms with van der Waals surface area (Å²) in [5.41, 5.74) is -2.86. The first-order valence-corrected chi connectivity index (χ1v) is 11.5. The second-order valence-corrected chi connectivity index (χ2v) is 9.26. The predicted octanol–water partition coefficient (Wildman–Crippen LogP) is 5.13. The van der Waals surface area contributed by atoms with Gasteiger partial charge in [-0.05, 0) is 36.6 Å². The van der Waals surface area contributed by atoms with Gasteiger partial charge in [-0.15, -0.1) is 0 Å². The Morgan fingerprint density at radius 3 is 2.26 bits per heavy atom. The highest BCUT2D eigenvalue weighted by Gasteiger charge is 2.44. The number of carbonyl (C=O) groups is 2. The number of hydrogen-bond donors (Lipinski definition) is 1. The molecule has 2 aromatic rings. The third-order valence-electron chi connectivity index (χ3n) is 6.69. The Balaban J connectivity index is 1.62. The molecule has 6 nitrogen and oxygen atoms in total. The fraction of sp³-hybridized carbons (Fsp3) is 0.400. The van der Waals surface area contributed by atoms with E-state index in [4.69, 9.17) is 4.74 Å². The number of ether oxygens (including phenoxy) is 1. The first-order valence-electron chi connectivity index (χ1n) is 11.5. The van der Waals surface area contributed by atoms with Crippen molar-refractivity contribution < 1.29 is 45.1 Å². The number of allylic oxidation sites excluding steroid dienone is 1. The zero-order chi connectivity index (χ0) is 28.0. The van der Waals surface area contributed by atoms with Gasteiger partial charge < -0.3 is 10.1 Å². The molecule has 2 fully saturated rings. The summed E-state index contributed by atoms with van der Waals surface area (Å²) >= 11 is 0. The van der Waals surface area contributed by atoms with Crippen LogP contribution in [0.4, 0.5) is 30.7 Å². The minimum absolute atomic E-state index is 0.0682. The molecule has 0 aliphatic carbocycles. The number of nitrogens with zero attached hydrogens (tertiary/aromatic N) is 2. The summed E-state index contributed by atoms with van der Waals surface area (Å²) < 4.78 is 98.4. The third kappa shape index (κ3) is 5.38. The average molecular weight is 545 g/mol. The molecule has 2 aliphatic rings. The Labute approximate surface area is 212 Å². The summed E-state index contributed by atoms with van der Waals surface area (Å²) in [6.07, 6.45) is -8.60. The van der Waals surface area contributed by atoms with Crippen molar-refractivity contribution in [1.29, 1.82) is 0 Å². The molecular formula is C25H22F7N3O3. The van der Waals surface area contributed by atoms with E-state index in [1.54, 1.807) is 6.92 Å². The van der Waals surface area contributed by atoms with Gasteiger partial charge in [0.25, 0.3) is 5.91 Å². The van der Waals surface area contributed by atoms with Crippen LogP contribution in [-0.4, -0.2) is 41.0 Å². The monoisotopic (exact) mass is 545 g/mol. The van der Waals surface area contributed by atoms with Crippen LogP contribution >= 0.6 is 0 Å². The Hall–Kier alpha value is -3.48. The van der Waals surface area contributed by atoms with E-state index in [1.807, 2.05) is 0 Å². The molecule has 13 heteroatoms. The average Bonchev–Trinajstić information content (AvgIpc) is 3.10. The van der Waals surface area contributed by atoms with Crippen molar-refractivity contribution in [3.05, 3.63) is 77.0 Å². The molecule has 4 rings (SSSR count). The van der Waals surface area contributed by atoms with Gasteiger partial charge in [0.2, 0.25) is 5.91 Å². The summed E-state index contributed by atoms with van der Waals surface area (Å²) in [5.74, 6) is -3.79. The maximum absolute atomic E-state index is 14.8. The molecule has 2 aliphatic heterocycles. The number of hydrogen-bond acceptors (Lipinski definition) is 4. The normalized spacial score (nSPS) is 21.3. The number of halogens is 7. The summed E-state index contributed by atoms with van der Waals surface area (Å²) in [7, 11) is 0. The van der Waals surface area contributed by atoms with Crippen LogP contribution in [0, 0.1) is 17.7 Å². The molecule has 38 heavy (non-hydrogen) atoms. The first kappa shape index (κ1) is 27.6. The van der Waals surface area contributed by atoms with Crippen LogP contribution in [0.1, 0.15) is 46.6 Å². The van der Waals surface area contributed by atoms with Crippen LogP contribution in [0.2, 0.25) is 0 Å². The van der Waals surface area contributed by atoms with E-state index in [9.17, 15) is 40.3 Å². The second kappa shape index (κ2) is 10.0. The molecule has 3 atom stereocenters. The molecule has 0 spiro atoms. The predicted molar refractivity (Wildman–Crippen MR) is 119 cm³/mol. The summed E-state index contributed by atoms with van der Waals surface area (Å²) in [6.45, 7) is 5.69. The van der Waals surface area contributed by atoms with Gasteiger partial charge in [-0.25, -0.2) is 4.39 Å². The van der Waals surface area contributed by atoms with Gasteiger partial charge in [0.05, 0.1) is 30.4 Å². The number of nitrogens with one attached hydrogen (secondary N) is 1. The summed E-state index contributed by atoms with van der Waals surface area (Å²) in [4.78, 5) is 31.3. The molecule has 0 radical (unpaired) electrons. The van der Waals surface area contributed by atoms with Crippen LogP contribution in [0.5, 0.6) is 0 Å². The fourth-order valence-corrected chi connectivity index (χ4v) is 4.46. The number of carbonyl (C=O) groups excluding carboxylic acids is 2. The lowest BCUT2D eigenvalue weighted by molar-refractivity contribution is -0.138. The van der Waals surface area contributed by atoms with Gasteiger partial charge >= 0.3 is 12.4 Å². The second-order valence-electron chi connectivity index (χ2n) is 9.26. The van der Waals surface area contributed by atoms with Gasteiger partial charge in [0.15, 0.2) is 0 Å². The Kier molecular flexibility index (Phi) is 7.26. The van der Waals surface area contributed by atoms with E-state index in [0.717, 1.165) is 17.2 Å². The number of likely N-dealkylation sites (tertiary alicyclic amines) is 1. The van der Waals surface area contributed by atoms with Crippen molar-refractivity contribution in [2.75, 3.05) is 13.2 Å². The lowest BCUT2D eigenvalue weighted by Gasteiger charge is -2.36. The molecule has 2 saturated heterocycles. The zero-order valence-corrected chi connectivity index (χ0v) is 19.9. The van der Waals surface area contributed by atoms with Crippen molar-refractivity contribution in [2.45, 2.75) is 37.8 Å². The number of benzene rings is 1. The van der Waals surface area contributed by atoms with E-state index in [1.165, 1.54) is 0 Å².